The van der Waals surface area contributed by atoms with E-state index in [1.54, 1.807) is 28.8 Å². The number of nitrogens with zero attached hydrogens (tertiary/aromatic N) is 2. The zero-order valence-corrected chi connectivity index (χ0v) is 13.6. The van der Waals surface area contributed by atoms with E-state index in [-0.39, 0.29) is 23.2 Å². The molecule has 128 valence electrons. The van der Waals surface area contributed by atoms with Gasteiger partial charge in [-0.3, -0.25) is 14.0 Å². The highest BCUT2D eigenvalue weighted by molar-refractivity contribution is 6.06. The van der Waals surface area contributed by atoms with Gasteiger partial charge in [0, 0.05) is 18.4 Å². The van der Waals surface area contributed by atoms with Gasteiger partial charge in [-0.25, -0.2) is 9.37 Å². The minimum absolute atomic E-state index is 0.0848. The Morgan fingerprint density at radius 1 is 1.12 bits per heavy atom. The first-order chi connectivity index (χ1) is 12.1. The summed E-state index contributed by atoms with van der Waals surface area (Å²) in [7, 11) is 0. The number of fused-ring (bicyclic) bond motifs is 1. The van der Waals surface area contributed by atoms with Gasteiger partial charge in [0.2, 0.25) is 5.82 Å². The number of anilines is 1. The molecule has 2 aromatic heterocycles. The summed E-state index contributed by atoms with van der Waals surface area (Å²) in [5, 5.41) is 5.41. The second kappa shape index (κ2) is 7.12. The van der Waals surface area contributed by atoms with E-state index in [0.29, 0.717) is 17.7 Å². The van der Waals surface area contributed by atoms with Crippen molar-refractivity contribution in [2.45, 2.75) is 13.3 Å². The first-order valence-electron chi connectivity index (χ1n) is 7.92. The molecule has 0 unspecified atom stereocenters. The number of benzene rings is 1. The summed E-state index contributed by atoms with van der Waals surface area (Å²) < 4.78 is 14.5. The van der Waals surface area contributed by atoms with Crippen LogP contribution in [0.25, 0.3) is 5.52 Å². The third-order valence-corrected chi connectivity index (χ3v) is 3.60. The van der Waals surface area contributed by atoms with Crippen LogP contribution < -0.4 is 10.6 Å². The van der Waals surface area contributed by atoms with Gasteiger partial charge < -0.3 is 10.6 Å². The van der Waals surface area contributed by atoms with E-state index in [1.807, 2.05) is 6.92 Å². The van der Waals surface area contributed by atoms with Crippen LogP contribution in [0.2, 0.25) is 0 Å². The first kappa shape index (κ1) is 16.6. The molecule has 2 N–H and O–H groups in total. The number of rotatable bonds is 5. The van der Waals surface area contributed by atoms with Crippen LogP contribution in [0.5, 0.6) is 0 Å². The van der Waals surface area contributed by atoms with Gasteiger partial charge in [0.1, 0.15) is 5.82 Å². The molecule has 25 heavy (non-hydrogen) atoms. The van der Waals surface area contributed by atoms with Crippen LogP contribution in [-0.4, -0.2) is 27.7 Å². The number of nitrogens with one attached hydrogen (secondary N) is 2. The Labute approximate surface area is 143 Å². The lowest BCUT2D eigenvalue weighted by molar-refractivity contribution is 0.0951. The number of carbonyl (C=O) groups excluding carboxylic acids is 2. The number of amides is 2. The first-order valence-corrected chi connectivity index (χ1v) is 7.92. The Kier molecular flexibility index (Phi) is 4.74. The summed E-state index contributed by atoms with van der Waals surface area (Å²) in [4.78, 5) is 29.1. The lowest BCUT2D eigenvalue weighted by atomic mass is 10.3. The fourth-order valence-corrected chi connectivity index (χ4v) is 2.41. The van der Waals surface area contributed by atoms with Gasteiger partial charge in [-0.2, -0.15) is 0 Å². The molecule has 2 amide bonds. The molecule has 0 radical (unpaired) electrons. The maximum absolute atomic E-state index is 13.0. The van der Waals surface area contributed by atoms with Crippen LogP contribution in [-0.2, 0) is 0 Å². The number of carbonyl (C=O) groups is 2. The molecular formula is C18H17FN4O2. The number of hydrogen-bond donors (Lipinski definition) is 2. The average molecular weight is 340 g/mol. The molecule has 7 heteroatoms. The molecule has 0 aliphatic rings. The minimum Gasteiger partial charge on any atom is -0.351 e. The lowest BCUT2D eigenvalue weighted by Gasteiger charge is -2.04. The highest BCUT2D eigenvalue weighted by Gasteiger charge is 2.21. The predicted octanol–water partition coefficient (Wildman–Crippen LogP) is 2.87. The third kappa shape index (κ3) is 3.50. The molecule has 0 saturated heterocycles. The molecule has 0 bridgehead atoms. The van der Waals surface area contributed by atoms with Crippen molar-refractivity contribution in [3.63, 3.8) is 0 Å². The molecule has 2 heterocycles. The van der Waals surface area contributed by atoms with Gasteiger partial charge in [0.15, 0.2) is 5.69 Å². The summed E-state index contributed by atoms with van der Waals surface area (Å²) in [6.45, 7) is 2.48. The Morgan fingerprint density at radius 2 is 1.88 bits per heavy atom. The molecule has 0 atom stereocenters. The molecule has 0 fully saturated rings. The van der Waals surface area contributed by atoms with Crippen molar-refractivity contribution in [2.24, 2.45) is 0 Å². The summed E-state index contributed by atoms with van der Waals surface area (Å²) in [5.74, 6) is -1.12. The fourth-order valence-electron chi connectivity index (χ4n) is 2.41. The van der Waals surface area contributed by atoms with Crippen LogP contribution in [0.15, 0.2) is 48.7 Å². The molecule has 0 aliphatic heterocycles. The highest BCUT2D eigenvalue weighted by atomic mass is 19.1. The van der Waals surface area contributed by atoms with Crippen molar-refractivity contribution < 1.29 is 14.0 Å². The van der Waals surface area contributed by atoms with Crippen LogP contribution in [0, 0.1) is 5.82 Å². The monoisotopic (exact) mass is 340 g/mol. The zero-order chi connectivity index (χ0) is 17.8. The smallest absolute Gasteiger partial charge is 0.292 e. The maximum Gasteiger partial charge on any atom is 0.292 e. The lowest BCUT2D eigenvalue weighted by Crippen LogP contribution is -2.24. The van der Waals surface area contributed by atoms with Crippen LogP contribution in [0.3, 0.4) is 0 Å². The largest absolute Gasteiger partial charge is 0.351 e. The van der Waals surface area contributed by atoms with E-state index in [0.717, 1.165) is 6.42 Å². The van der Waals surface area contributed by atoms with E-state index < -0.39 is 5.91 Å². The maximum atomic E-state index is 13.0. The molecule has 1 aromatic carbocycles. The predicted molar refractivity (Wildman–Crippen MR) is 92.2 cm³/mol. The van der Waals surface area contributed by atoms with Crippen LogP contribution >= 0.6 is 0 Å². The summed E-state index contributed by atoms with van der Waals surface area (Å²) in [6, 6.07) is 10.7. The van der Waals surface area contributed by atoms with E-state index in [2.05, 4.69) is 15.6 Å². The van der Waals surface area contributed by atoms with Crippen molar-refractivity contribution >= 4 is 23.0 Å². The van der Waals surface area contributed by atoms with Gasteiger partial charge in [-0.05, 0) is 42.8 Å². The van der Waals surface area contributed by atoms with Gasteiger partial charge in [-0.15, -0.1) is 0 Å². The number of halogens is 1. The van der Waals surface area contributed by atoms with Gasteiger partial charge in [-0.1, -0.05) is 13.0 Å². The van der Waals surface area contributed by atoms with Crippen molar-refractivity contribution in [3.05, 3.63) is 66.0 Å². The molecule has 0 aliphatic carbocycles. The quantitative estimate of drug-likeness (QED) is 0.750. The number of pyridine rings is 1. The second-order valence-corrected chi connectivity index (χ2v) is 5.46. The molecule has 0 saturated carbocycles. The van der Waals surface area contributed by atoms with Gasteiger partial charge in [0.25, 0.3) is 11.8 Å². The Morgan fingerprint density at radius 3 is 2.60 bits per heavy atom. The standard InChI is InChI=1S/C18H17FN4O2/c1-2-10-20-17(24)15-14-5-3-4-11-23(14)16(22-15)18(25)21-13-8-6-12(19)7-9-13/h3-9,11H,2,10H2,1H3,(H,20,24)(H,21,25). The number of imidazole rings is 1. The highest BCUT2D eigenvalue weighted by Crippen LogP contribution is 2.15. The summed E-state index contributed by atoms with van der Waals surface area (Å²) in [5.41, 5.74) is 1.18. The fraction of sp³-hybridized carbons (Fsp3) is 0.167. The van der Waals surface area contributed by atoms with Gasteiger partial charge >= 0.3 is 0 Å². The van der Waals surface area contributed by atoms with Crippen molar-refractivity contribution in [1.29, 1.82) is 0 Å². The molecular weight excluding hydrogens is 323 g/mol. The Bertz CT molecular complexity index is 918. The van der Waals surface area contributed by atoms with E-state index in [4.69, 9.17) is 0 Å². The van der Waals surface area contributed by atoms with Crippen LogP contribution in [0.4, 0.5) is 10.1 Å². The Balaban J connectivity index is 1.94. The number of aromatic nitrogens is 2. The molecule has 3 rings (SSSR count). The minimum atomic E-state index is -0.484. The van der Waals surface area contributed by atoms with E-state index in [9.17, 15) is 14.0 Å². The van der Waals surface area contributed by atoms with Crippen molar-refractivity contribution in [3.8, 4) is 0 Å². The van der Waals surface area contributed by atoms with Crippen molar-refractivity contribution in [1.82, 2.24) is 14.7 Å². The van der Waals surface area contributed by atoms with E-state index >= 15 is 0 Å². The summed E-state index contributed by atoms with van der Waals surface area (Å²) >= 11 is 0. The van der Waals surface area contributed by atoms with Crippen molar-refractivity contribution in [2.75, 3.05) is 11.9 Å². The van der Waals surface area contributed by atoms with E-state index in [1.165, 1.54) is 24.3 Å². The molecule has 3 aromatic rings. The average Bonchev–Trinajstić information content (AvgIpc) is 3.01. The molecule has 6 nitrogen and oxygen atoms in total. The Hall–Kier alpha value is -3.22. The normalized spacial score (nSPS) is 10.6. The molecule has 0 spiro atoms. The van der Waals surface area contributed by atoms with Gasteiger partial charge in [0.05, 0.1) is 5.52 Å². The van der Waals surface area contributed by atoms with Crippen LogP contribution in [0.1, 0.15) is 34.5 Å². The second-order valence-electron chi connectivity index (χ2n) is 5.46. The zero-order valence-electron chi connectivity index (χ0n) is 13.6. The summed E-state index contributed by atoms with van der Waals surface area (Å²) in [6.07, 6.45) is 2.47. The third-order valence-electron chi connectivity index (χ3n) is 3.60. The topological polar surface area (TPSA) is 75.5 Å². The number of hydrogen-bond acceptors (Lipinski definition) is 3. The SMILES string of the molecule is CCCNC(=O)c1nc(C(=O)Nc2ccc(F)cc2)n2ccccc12.